The van der Waals surface area contributed by atoms with Crippen molar-refractivity contribution in [2.24, 2.45) is 0 Å². The van der Waals surface area contributed by atoms with Crippen molar-refractivity contribution in [2.45, 2.75) is 24.7 Å². The van der Waals surface area contributed by atoms with Crippen LogP contribution in [0.1, 0.15) is 24.8 Å². The fourth-order valence-corrected chi connectivity index (χ4v) is 5.07. The van der Waals surface area contributed by atoms with E-state index in [0.717, 1.165) is 5.56 Å². The van der Waals surface area contributed by atoms with Crippen LogP contribution in [0.3, 0.4) is 0 Å². The molecule has 0 spiro atoms. The molecule has 0 aromatic heterocycles. The maximum Gasteiger partial charge on any atom is 0.230 e. The highest BCUT2D eigenvalue weighted by Gasteiger charge is 2.41. The highest BCUT2D eigenvalue weighted by molar-refractivity contribution is 7.89. The van der Waals surface area contributed by atoms with Crippen molar-refractivity contribution in [1.29, 1.82) is 0 Å². The Bertz CT molecular complexity index is 715. The van der Waals surface area contributed by atoms with Gasteiger partial charge in [0.2, 0.25) is 15.9 Å². The third kappa shape index (κ3) is 3.86. The maximum absolute atomic E-state index is 13.2. The zero-order chi connectivity index (χ0) is 17.9. The van der Waals surface area contributed by atoms with Crippen molar-refractivity contribution in [3.05, 3.63) is 35.6 Å². The number of hydrogen-bond acceptors (Lipinski definition) is 4. The minimum absolute atomic E-state index is 0.154. The molecule has 2 fully saturated rings. The lowest BCUT2D eigenvalue weighted by molar-refractivity contribution is -0.130. The molecule has 2 aliphatic heterocycles. The van der Waals surface area contributed by atoms with E-state index in [4.69, 9.17) is 4.74 Å². The van der Waals surface area contributed by atoms with Crippen LogP contribution in [0.2, 0.25) is 0 Å². The van der Waals surface area contributed by atoms with Crippen LogP contribution in [-0.2, 0) is 25.0 Å². The number of sulfonamides is 1. The first-order valence-electron chi connectivity index (χ1n) is 8.54. The Morgan fingerprint density at radius 3 is 2.52 bits per heavy atom. The van der Waals surface area contributed by atoms with Crippen LogP contribution < -0.4 is 5.32 Å². The van der Waals surface area contributed by atoms with Crippen molar-refractivity contribution >= 4 is 15.9 Å². The fourth-order valence-electron chi connectivity index (χ4n) is 3.54. The van der Waals surface area contributed by atoms with Crippen molar-refractivity contribution in [2.75, 3.05) is 38.6 Å². The highest BCUT2D eigenvalue weighted by atomic mass is 32.2. The number of nitrogens with zero attached hydrogens (tertiary/aromatic N) is 1. The van der Waals surface area contributed by atoms with Crippen LogP contribution in [0.4, 0.5) is 4.39 Å². The fraction of sp³-hybridized carbons (Fsp3) is 0.588. The Labute approximate surface area is 147 Å². The lowest BCUT2D eigenvalue weighted by Gasteiger charge is -2.36. The number of halogens is 1. The van der Waals surface area contributed by atoms with Gasteiger partial charge in [-0.05, 0) is 37.0 Å². The standard InChI is InChI=1S/C17H23FN2O4S/c18-15-4-2-14(3-5-15)17(6-11-24-12-7-17)16(21)19-8-10-20-9-1-13-25(20,22)23/h2-5H,1,6-13H2,(H,19,21). The molecule has 3 rings (SSSR count). The van der Waals surface area contributed by atoms with Gasteiger partial charge >= 0.3 is 0 Å². The summed E-state index contributed by atoms with van der Waals surface area (Å²) in [5.41, 5.74) is 0.0130. The minimum Gasteiger partial charge on any atom is -0.381 e. The predicted molar refractivity (Wildman–Crippen MR) is 91.1 cm³/mol. The third-order valence-electron chi connectivity index (χ3n) is 5.03. The molecular formula is C17H23FN2O4S. The molecule has 0 bridgehead atoms. The van der Waals surface area contributed by atoms with Crippen LogP contribution in [0.15, 0.2) is 24.3 Å². The monoisotopic (exact) mass is 370 g/mol. The second-order valence-electron chi connectivity index (χ2n) is 6.53. The molecule has 1 aromatic carbocycles. The van der Waals surface area contributed by atoms with Gasteiger partial charge in [-0.2, -0.15) is 0 Å². The van der Waals surface area contributed by atoms with Gasteiger partial charge in [0.1, 0.15) is 5.82 Å². The average Bonchev–Trinajstić information content (AvgIpc) is 2.94. The molecule has 0 aliphatic carbocycles. The number of benzene rings is 1. The largest absolute Gasteiger partial charge is 0.381 e. The van der Waals surface area contributed by atoms with Crippen molar-refractivity contribution in [3.63, 3.8) is 0 Å². The summed E-state index contributed by atoms with van der Waals surface area (Å²) >= 11 is 0. The smallest absolute Gasteiger partial charge is 0.230 e. The zero-order valence-corrected chi connectivity index (χ0v) is 14.9. The first kappa shape index (κ1) is 18.3. The third-order valence-corrected chi connectivity index (χ3v) is 6.98. The van der Waals surface area contributed by atoms with E-state index < -0.39 is 15.4 Å². The van der Waals surface area contributed by atoms with E-state index in [2.05, 4.69) is 5.32 Å². The van der Waals surface area contributed by atoms with Gasteiger partial charge < -0.3 is 10.1 Å². The van der Waals surface area contributed by atoms with Gasteiger partial charge in [-0.15, -0.1) is 0 Å². The Hall–Kier alpha value is -1.51. The van der Waals surface area contributed by atoms with Gasteiger partial charge in [-0.1, -0.05) is 12.1 Å². The summed E-state index contributed by atoms with van der Waals surface area (Å²) in [6.45, 7) is 1.98. The Balaban J connectivity index is 1.68. The highest BCUT2D eigenvalue weighted by Crippen LogP contribution is 2.35. The SMILES string of the molecule is O=C(NCCN1CCCS1(=O)=O)C1(c2ccc(F)cc2)CCOCC1. The van der Waals surface area contributed by atoms with Crippen LogP contribution in [0, 0.1) is 5.82 Å². The molecule has 25 heavy (non-hydrogen) atoms. The summed E-state index contributed by atoms with van der Waals surface area (Å²) in [6, 6.07) is 6.00. The van der Waals surface area contributed by atoms with Gasteiger partial charge in [-0.25, -0.2) is 17.1 Å². The van der Waals surface area contributed by atoms with Gasteiger partial charge in [0.15, 0.2) is 0 Å². The molecular weight excluding hydrogens is 347 g/mol. The number of carbonyl (C=O) groups excluding carboxylic acids is 1. The quantitative estimate of drug-likeness (QED) is 0.840. The number of amides is 1. The number of rotatable bonds is 5. The molecule has 2 heterocycles. The van der Waals surface area contributed by atoms with E-state index in [1.165, 1.54) is 16.4 Å². The topological polar surface area (TPSA) is 75.7 Å². The van der Waals surface area contributed by atoms with E-state index in [1.807, 2.05) is 0 Å². The molecule has 0 atom stereocenters. The van der Waals surface area contributed by atoms with Crippen LogP contribution in [0.5, 0.6) is 0 Å². The average molecular weight is 370 g/mol. The molecule has 2 aliphatic rings. The number of ether oxygens (including phenoxy) is 1. The summed E-state index contributed by atoms with van der Waals surface area (Å²) in [5.74, 6) is -0.317. The minimum atomic E-state index is -3.16. The van der Waals surface area contributed by atoms with E-state index in [1.54, 1.807) is 12.1 Å². The molecule has 1 amide bonds. The van der Waals surface area contributed by atoms with Crippen LogP contribution in [0.25, 0.3) is 0 Å². The summed E-state index contributed by atoms with van der Waals surface area (Å²) in [4.78, 5) is 12.9. The van der Waals surface area contributed by atoms with Crippen LogP contribution >= 0.6 is 0 Å². The van der Waals surface area contributed by atoms with E-state index in [0.29, 0.717) is 39.0 Å². The number of nitrogens with one attached hydrogen (secondary N) is 1. The van der Waals surface area contributed by atoms with E-state index in [9.17, 15) is 17.6 Å². The molecule has 2 saturated heterocycles. The Morgan fingerprint density at radius 2 is 1.92 bits per heavy atom. The van der Waals surface area contributed by atoms with Crippen molar-refractivity contribution < 1.29 is 22.3 Å². The maximum atomic E-state index is 13.2. The molecule has 1 aromatic rings. The Morgan fingerprint density at radius 1 is 1.24 bits per heavy atom. The Kier molecular flexibility index (Phi) is 5.41. The van der Waals surface area contributed by atoms with E-state index >= 15 is 0 Å². The van der Waals surface area contributed by atoms with Crippen LogP contribution in [-0.4, -0.2) is 57.2 Å². The van der Waals surface area contributed by atoms with Crippen molar-refractivity contribution in [3.8, 4) is 0 Å². The van der Waals surface area contributed by atoms with E-state index in [-0.39, 0.29) is 30.6 Å². The molecule has 138 valence electrons. The number of hydrogen-bond donors (Lipinski definition) is 1. The van der Waals surface area contributed by atoms with Gasteiger partial charge in [-0.3, -0.25) is 4.79 Å². The molecule has 1 N–H and O–H groups in total. The molecule has 0 radical (unpaired) electrons. The first-order valence-corrected chi connectivity index (χ1v) is 10.1. The van der Waals surface area contributed by atoms with Gasteiger partial charge in [0.25, 0.3) is 0 Å². The second-order valence-corrected chi connectivity index (χ2v) is 8.61. The first-order chi connectivity index (χ1) is 11.9. The zero-order valence-electron chi connectivity index (χ0n) is 14.0. The van der Waals surface area contributed by atoms with Gasteiger partial charge in [0, 0.05) is 32.8 Å². The molecule has 8 heteroatoms. The molecule has 6 nitrogen and oxygen atoms in total. The van der Waals surface area contributed by atoms with Gasteiger partial charge in [0.05, 0.1) is 11.2 Å². The summed E-state index contributed by atoms with van der Waals surface area (Å²) < 4.78 is 43.7. The molecule has 0 unspecified atom stereocenters. The lowest BCUT2D eigenvalue weighted by atomic mass is 9.73. The summed E-state index contributed by atoms with van der Waals surface area (Å²) in [5, 5.41) is 2.88. The second kappa shape index (κ2) is 7.39. The molecule has 0 saturated carbocycles. The van der Waals surface area contributed by atoms with Crippen molar-refractivity contribution in [1.82, 2.24) is 9.62 Å². The summed E-state index contributed by atoms with van der Waals surface area (Å²) in [6.07, 6.45) is 1.67. The summed E-state index contributed by atoms with van der Waals surface area (Å²) in [7, 11) is -3.16. The number of carbonyl (C=O) groups is 1. The normalized spacial score (nSPS) is 22.6. The predicted octanol–water partition coefficient (Wildman–Crippen LogP) is 1.03. The lowest BCUT2D eigenvalue weighted by Crippen LogP contribution is -2.49.